The predicted octanol–water partition coefficient (Wildman–Crippen LogP) is 5.86. The molecule has 9 heteroatoms. The molecule has 1 heterocycles. The smallest absolute Gasteiger partial charge is 0.307 e. The fourth-order valence-electron chi connectivity index (χ4n) is 5.06. The molecule has 1 fully saturated rings. The van der Waals surface area contributed by atoms with Crippen LogP contribution in [0.15, 0.2) is 33.7 Å². The number of carboxylic acid groups (broad SMARTS) is 1. The first-order chi connectivity index (χ1) is 16.5. The second-order valence-electron chi connectivity index (χ2n) is 10.8. The maximum Gasteiger partial charge on any atom is 0.307 e. The molecule has 1 aromatic carbocycles. The zero-order chi connectivity index (χ0) is 25.6. The highest BCUT2D eigenvalue weighted by Crippen LogP contribution is 2.41. The van der Waals surface area contributed by atoms with Gasteiger partial charge in [-0.15, -0.1) is 0 Å². The third-order valence-electron chi connectivity index (χ3n) is 6.91. The Balaban J connectivity index is 1.73. The number of aromatic nitrogens is 2. The van der Waals surface area contributed by atoms with Crippen molar-refractivity contribution in [2.45, 2.75) is 96.5 Å². The first-order valence-corrected chi connectivity index (χ1v) is 13.9. The zero-order valence-electron chi connectivity index (χ0n) is 21.2. The summed E-state index contributed by atoms with van der Waals surface area (Å²) in [6.07, 6.45) is 8.88. The van der Waals surface area contributed by atoms with Crippen molar-refractivity contribution in [2.75, 3.05) is 0 Å². The van der Waals surface area contributed by atoms with Gasteiger partial charge in [-0.3, -0.25) is 8.98 Å². The van der Waals surface area contributed by atoms with Crippen LogP contribution in [0.1, 0.15) is 95.3 Å². The lowest BCUT2D eigenvalue weighted by Gasteiger charge is -2.32. The van der Waals surface area contributed by atoms with E-state index in [-0.39, 0.29) is 23.2 Å². The number of aryl methyl sites for hydroxylation is 1. The van der Waals surface area contributed by atoms with Crippen molar-refractivity contribution < 1.29 is 27.0 Å². The van der Waals surface area contributed by atoms with E-state index in [1.165, 1.54) is 44.2 Å². The van der Waals surface area contributed by atoms with Gasteiger partial charge in [-0.25, -0.2) is 0 Å². The molecule has 0 bridgehead atoms. The Morgan fingerprint density at radius 1 is 1.17 bits per heavy atom. The number of hydrogen-bond donors (Lipinski definition) is 1. The summed E-state index contributed by atoms with van der Waals surface area (Å²) >= 11 is 0. The minimum Gasteiger partial charge on any atom is -0.481 e. The van der Waals surface area contributed by atoms with Gasteiger partial charge < -0.3 is 9.63 Å². The van der Waals surface area contributed by atoms with E-state index in [9.17, 15) is 18.3 Å². The third-order valence-corrected chi connectivity index (χ3v) is 8.19. The van der Waals surface area contributed by atoms with Gasteiger partial charge in [-0.05, 0) is 36.8 Å². The second-order valence-corrected chi connectivity index (χ2v) is 12.4. The van der Waals surface area contributed by atoms with Crippen LogP contribution in [0.4, 0.5) is 0 Å². The molecule has 1 N–H and O–H groups in total. The monoisotopic (exact) mass is 506 g/mol. The topological polar surface area (TPSA) is 120 Å². The first-order valence-electron chi connectivity index (χ1n) is 12.5. The fourth-order valence-corrected chi connectivity index (χ4v) is 5.93. The van der Waals surface area contributed by atoms with Gasteiger partial charge in [-0.1, -0.05) is 88.6 Å². The number of aliphatic carboxylic acids is 1. The summed E-state index contributed by atoms with van der Waals surface area (Å²) in [5, 5.41) is 14.0. The standard InChI is InChI=1S/C26H38N2O6S/c1-18-13-15-20(16-14-18)35(31,32)33-17-22-27-24(34-28-22)21(23(25(29)30)26(2,3)4)12-8-11-19-9-6-5-7-10-19/h13-16,19,21,23H,5-12,17H2,1-4H3,(H,29,30)/t21-,23?/m1/s1. The lowest BCUT2D eigenvalue weighted by Crippen LogP contribution is -2.34. The Bertz CT molecular complexity index is 1070. The molecule has 3 rings (SSSR count). The average molecular weight is 507 g/mol. The molecule has 1 unspecified atom stereocenters. The molecule has 8 nitrogen and oxygen atoms in total. The average Bonchev–Trinajstić information content (AvgIpc) is 3.26. The fraction of sp³-hybridized carbons (Fsp3) is 0.654. The summed E-state index contributed by atoms with van der Waals surface area (Å²) in [6, 6.07) is 6.35. The van der Waals surface area contributed by atoms with Crippen LogP contribution in [0.2, 0.25) is 0 Å². The predicted molar refractivity (Wildman–Crippen MR) is 131 cm³/mol. The van der Waals surface area contributed by atoms with E-state index >= 15 is 0 Å². The molecule has 2 atom stereocenters. The van der Waals surface area contributed by atoms with E-state index < -0.39 is 33.3 Å². The molecular weight excluding hydrogens is 468 g/mol. The largest absolute Gasteiger partial charge is 0.481 e. The summed E-state index contributed by atoms with van der Waals surface area (Å²) in [4.78, 5) is 16.7. The number of benzene rings is 1. The highest BCUT2D eigenvalue weighted by Gasteiger charge is 2.41. The molecule has 1 aromatic heterocycles. The lowest BCUT2D eigenvalue weighted by molar-refractivity contribution is -0.147. The third kappa shape index (κ3) is 7.61. The van der Waals surface area contributed by atoms with E-state index in [2.05, 4.69) is 10.1 Å². The summed E-state index contributed by atoms with van der Waals surface area (Å²) in [6.45, 7) is 7.17. The molecule has 194 valence electrons. The van der Waals surface area contributed by atoms with Crippen molar-refractivity contribution in [3.05, 3.63) is 41.5 Å². The van der Waals surface area contributed by atoms with Crippen LogP contribution in [0, 0.1) is 24.2 Å². The Morgan fingerprint density at radius 2 is 1.83 bits per heavy atom. The van der Waals surface area contributed by atoms with Gasteiger partial charge >= 0.3 is 5.97 Å². The number of rotatable bonds is 11. The quantitative estimate of drug-likeness (QED) is 0.376. The lowest BCUT2D eigenvalue weighted by atomic mass is 9.71. The summed E-state index contributed by atoms with van der Waals surface area (Å²) < 4.78 is 35.6. The van der Waals surface area contributed by atoms with Gasteiger partial charge in [0.05, 0.1) is 16.7 Å². The molecule has 1 aliphatic rings. The molecule has 0 saturated heterocycles. The Kier molecular flexibility index (Phi) is 9.10. The van der Waals surface area contributed by atoms with Crippen LogP contribution in [0.5, 0.6) is 0 Å². The van der Waals surface area contributed by atoms with Crippen molar-refractivity contribution >= 4 is 16.1 Å². The number of carboxylic acids is 1. The van der Waals surface area contributed by atoms with Crippen LogP contribution in [-0.2, 0) is 25.7 Å². The summed E-state index contributed by atoms with van der Waals surface area (Å²) in [7, 11) is -3.98. The Morgan fingerprint density at radius 3 is 2.43 bits per heavy atom. The normalized spacial score (nSPS) is 17.3. The minimum atomic E-state index is -3.98. The van der Waals surface area contributed by atoms with E-state index in [0.717, 1.165) is 18.4 Å². The first kappa shape index (κ1) is 27.3. The van der Waals surface area contributed by atoms with Gasteiger partial charge in [0.2, 0.25) is 5.89 Å². The van der Waals surface area contributed by atoms with Crippen molar-refractivity contribution in [3.8, 4) is 0 Å². The molecule has 2 aromatic rings. The maximum atomic E-state index is 12.5. The number of carbonyl (C=O) groups is 1. The van der Waals surface area contributed by atoms with Crippen LogP contribution in [0.25, 0.3) is 0 Å². The number of nitrogens with zero attached hydrogens (tertiary/aromatic N) is 2. The van der Waals surface area contributed by atoms with Crippen LogP contribution in [-0.4, -0.2) is 29.6 Å². The van der Waals surface area contributed by atoms with E-state index in [4.69, 9.17) is 8.71 Å². The zero-order valence-corrected chi connectivity index (χ0v) is 22.0. The van der Waals surface area contributed by atoms with Crippen LogP contribution < -0.4 is 0 Å². The summed E-state index contributed by atoms with van der Waals surface area (Å²) in [5.41, 5.74) is 0.412. The molecule has 35 heavy (non-hydrogen) atoms. The Hall–Kier alpha value is -2.26. The Labute approximate surface area is 208 Å². The SMILES string of the molecule is Cc1ccc(S(=O)(=O)OCc2noc([C@H](CCCC3CCCCC3)C(C(=O)O)C(C)(C)C)n2)cc1. The van der Waals surface area contributed by atoms with Crippen molar-refractivity contribution in [3.63, 3.8) is 0 Å². The van der Waals surface area contributed by atoms with Gasteiger partial charge in [0.1, 0.15) is 6.61 Å². The van der Waals surface area contributed by atoms with Gasteiger partial charge in [-0.2, -0.15) is 13.4 Å². The molecule has 0 amide bonds. The number of hydrogen-bond acceptors (Lipinski definition) is 7. The van der Waals surface area contributed by atoms with Gasteiger partial charge in [0, 0.05) is 0 Å². The van der Waals surface area contributed by atoms with E-state index in [1.54, 1.807) is 12.1 Å². The van der Waals surface area contributed by atoms with E-state index in [0.29, 0.717) is 12.3 Å². The van der Waals surface area contributed by atoms with Crippen molar-refractivity contribution in [1.82, 2.24) is 10.1 Å². The van der Waals surface area contributed by atoms with Crippen molar-refractivity contribution in [2.24, 2.45) is 17.3 Å². The molecule has 0 spiro atoms. The molecule has 1 saturated carbocycles. The maximum absolute atomic E-state index is 12.5. The van der Waals surface area contributed by atoms with E-state index in [1.807, 2.05) is 27.7 Å². The molecule has 0 aliphatic heterocycles. The molecule has 1 aliphatic carbocycles. The molecular formula is C26H38N2O6S. The van der Waals surface area contributed by atoms with Gasteiger partial charge in [0.15, 0.2) is 5.82 Å². The van der Waals surface area contributed by atoms with Crippen LogP contribution in [0.3, 0.4) is 0 Å². The minimum absolute atomic E-state index is 0.0473. The molecule has 0 radical (unpaired) electrons. The summed E-state index contributed by atoms with van der Waals surface area (Å²) in [5.74, 6) is -1.10. The second kappa shape index (κ2) is 11.6. The highest BCUT2D eigenvalue weighted by molar-refractivity contribution is 7.86. The van der Waals surface area contributed by atoms with Crippen LogP contribution >= 0.6 is 0 Å². The highest BCUT2D eigenvalue weighted by atomic mass is 32.2. The van der Waals surface area contributed by atoms with Gasteiger partial charge in [0.25, 0.3) is 10.1 Å². The van der Waals surface area contributed by atoms with Crippen molar-refractivity contribution in [1.29, 1.82) is 0 Å².